The van der Waals surface area contributed by atoms with E-state index in [-0.39, 0.29) is 46.3 Å². The molecule has 0 aliphatic heterocycles. The van der Waals surface area contributed by atoms with E-state index in [1.165, 1.54) is 30.3 Å². The molecular formula is C24H25ClNNaO5S. The zero-order valence-corrected chi connectivity index (χ0v) is 21.8. The molecule has 0 amide bonds. The number of rotatable bonds is 10. The maximum atomic E-state index is 12.8. The van der Waals surface area contributed by atoms with Crippen LogP contribution in [0.1, 0.15) is 35.4 Å². The van der Waals surface area contributed by atoms with Gasteiger partial charge in [-0.25, -0.2) is 13.2 Å². The van der Waals surface area contributed by atoms with Gasteiger partial charge in [0.1, 0.15) is 0 Å². The predicted molar refractivity (Wildman–Crippen MR) is 124 cm³/mol. The van der Waals surface area contributed by atoms with Gasteiger partial charge in [0, 0.05) is 11.6 Å². The van der Waals surface area contributed by atoms with E-state index >= 15 is 0 Å². The van der Waals surface area contributed by atoms with Gasteiger partial charge in [-0.1, -0.05) is 41.9 Å². The molecule has 6 nitrogen and oxygen atoms in total. The van der Waals surface area contributed by atoms with Gasteiger partial charge in [-0.05, 0) is 73.0 Å². The monoisotopic (exact) mass is 497 g/mol. The number of aromatic carboxylic acids is 1. The number of hydrogen-bond donors (Lipinski definition) is 3. The molecule has 9 heteroatoms. The smallest absolute Gasteiger partial charge is 1.00 e. The van der Waals surface area contributed by atoms with Crippen LogP contribution in [-0.4, -0.2) is 37.7 Å². The van der Waals surface area contributed by atoms with Gasteiger partial charge >= 0.3 is 35.5 Å². The largest absolute Gasteiger partial charge is 1.00 e. The molecule has 1 atom stereocenters. The van der Waals surface area contributed by atoms with E-state index in [0.717, 1.165) is 30.0 Å². The van der Waals surface area contributed by atoms with Crippen molar-refractivity contribution >= 4 is 27.4 Å². The van der Waals surface area contributed by atoms with E-state index in [9.17, 15) is 18.3 Å². The standard InChI is InChI=1S/C24H24ClNO5S.Na.H/c25-20-7-1-5-18(14-20)23(27)16-26-13-3-4-17-9-11-21(12-10-17)32(30,31)22-8-2-6-19(15-22)24(28)29;;/h1-2,5-12,14-15,23,26-27H,3-4,13,16H2,(H,28,29);;/q;+1;-1/t23-;;/m1../s1. The molecule has 3 aromatic carbocycles. The summed E-state index contributed by atoms with van der Waals surface area (Å²) < 4.78 is 25.6. The van der Waals surface area contributed by atoms with Gasteiger partial charge in [0.05, 0.1) is 21.5 Å². The van der Waals surface area contributed by atoms with Crippen molar-refractivity contribution < 1.29 is 54.4 Å². The summed E-state index contributed by atoms with van der Waals surface area (Å²) >= 11 is 5.94. The average molecular weight is 498 g/mol. The van der Waals surface area contributed by atoms with Crippen LogP contribution in [0.2, 0.25) is 5.02 Å². The number of carboxylic acids is 1. The summed E-state index contributed by atoms with van der Waals surface area (Å²) in [4.78, 5) is 11.2. The maximum Gasteiger partial charge on any atom is 1.00 e. The molecule has 3 rings (SSSR count). The molecule has 33 heavy (non-hydrogen) atoms. The summed E-state index contributed by atoms with van der Waals surface area (Å²) in [5, 5.41) is 23.1. The molecule has 0 aromatic heterocycles. The molecule has 3 aromatic rings. The van der Waals surface area contributed by atoms with Crippen molar-refractivity contribution in [1.29, 1.82) is 0 Å². The number of aliphatic hydroxyl groups is 1. The fraction of sp³-hybridized carbons (Fsp3) is 0.208. The first kappa shape index (κ1) is 27.5. The number of hydrogen-bond acceptors (Lipinski definition) is 5. The van der Waals surface area contributed by atoms with Crippen molar-refractivity contribution in [1.82, 2.24) is 5.32 Å². The molecule has 0 bridgehead atoms. The van der Waals surface area contributed by atoms with Gasteiger partial charge < -0.3 is 17.0 Å². The zero-order chi connectivity index (χ0) is 23.1. The number of sulfone groups is 1. The minimum absolute atomic E-state index is 0. The molecule has 3 N–H and O–H groups in total. The summed E-state index contributed by atoms with van der Waals surface area (Å²) in [7, 11) is -3.79. The van der Waals surface area contributed by atoms with Crippen LogP contribution in [0.15, 0.2) is 82.6 Å². The summed E-state index contributed by atoms with van der Waals surface area (Å²) in [6.45, 7) is 1.10. The normalized spacial score (nSPS) is 12.1. The Hall–Kier alpha value is -1.71. The second kappa shape index (κ2) is 12.7. The second-order valence-corrected chi connectivity index (χ2v) is 9.74. The predicted octanol–water partition coefficient (Wildman–Crippen LogP) is 1.24. The van der Waals surface area contributed by atoms with E-state index in [0.29, 0.717) is 18.1 Å². The zero-order valence-electron chi connectivity index (χ0n) is 19.2. The van der Waals surface area contributed by atoms with Crippen molar-refractivity contribution in [3.63, 3.8) is 0 Å². The Kier molecular flexibility index (Phi) is 10.6. The van der Waals surface area contributed by atoms with Crippen LogP contribution >= 0.6 is 11.6 Å². The van der Waals surface area contributed by atoms with E-state index in [1.807, 2.05) is 6.07 Å². The first-order chi connectivity index (χ1) is 15.3. The topological polar surface area (TPSA) is 104 Å². The Morgan fingerprint density at radius 3 is 2.36 bits per heavy atom. The van der Waals surface area contributed by atoms with Crippen molar-refractivity contribution in [2.24, 2.45) is 0 Å². The number of carbonyl (C=O) groups is 1. The van der Waals surface area contributed by atoms with Crippen LogP contribution in [-0.2, 0) is 16.3 Å². The molecule has 0 aliphatic rings. The molecule has 0 spiro atoms. The number of aliphatic hydroxyl groups excluding tert-OH is 1. The van der Waals surface area contributed by atoms with Crippen molar-refractivity contribution in [2.75, 3.05) is 13.1 Å². The maximum absolute atomic E-state index is 12.8. The third-order valence-corrected chi connectivity index (χ3v) is 7.02. The Bertz CT molecular complexity index is 1190. The van der Waals surface area contributed by atoms with Crippen LogP contribution in [0.25, 0.3) is 0 Å². The van der Waals surface area contributed by atoms with E-state index < -0.39 is 21.9 Å². The van der Waals surface area contributed by atoms with Gasteiger partial charge in [0.2, 0.25) is 9.84 Å². The number of nitrogens with one attached hydrogen (secondary N) is 1. The Morgan fingerprint density at radius 2 is 1.70 bits per heavy atom. The van der Waals surface area contributed by atoms with Crippen LogP contribution in [0.5, 0.6) is 0 Å². The fourth-order valence-electron chi connectivity index (χ4n) is 3.26. The van der Waals surface area contributed by atoms with Gasteiger partial charge in [0.25, 0.3) is 0 Å². The van der Waals surface area contributed by atoms with Crippen LogP contribution in [0.4, 0.5) is 0 Å². The first-order valence-electron chi connectivity index (χ1n) is 10.1. The molecular weight excluding hydrogens is 473 g/mol. The minimum atomic E-state index is -3.79. The van der Waals surface area contributed by atoms with Gasteiger partial charge in [0.15, 0.2) is 0 Å². The Labute approximate surface area is 222 Å². The molecule has 0 radical (unpaired) electrons. The van der Waals surface area contributed by atoms with Crippen molar-refractivity contribution in [2.45, 2.75) is 28.7 Å². The molecule has 0 saturated carbocycles. The summed E-state index contributed by atoms with van der Waals surface area (Å²) in [6, 6.07) is 19.0. The third kappa shape index (κ3) is 7.65. The van der Waals surface area contributed by atoms with E-state index in [1.54, 1.807) is 30.3 Å². The minimum Gasteiger partial charge on any atom is -1.00 e. The van der Waals surface area contributed by atoms with Crippen LogP contribution in [0, 0.1) is 0 Å². The van der Waals surface area contributed by atoms with Crippen LogP contribution in [0.3, 0.4) is 0 Å². The molecule has 0 aliphatic carbocycles. The summed E-state index contributed by atoms with van der Waals surface area (Å²) in [6.07, 6.45) is 0.919. The van der Waals surface area contributed by atoms with Crippen molar-refractivity contribution in [3.8, 4) is 0 Å². The Morgan fingerprint density at radius 1 is 1.00 bits per heavy atom. The number of carboxylic acid groups (broad SMARTS) is 1. The van der Waals surface area contributed by atoms with Gasteiger partial charge in [-0.15, -0.1) is 0 Å². The third-order valence-electron chi connectivity index (χ3n) is 5.02. The van der Waals surface area contributed by atoms with Gasteiger partial charge in [-0.2, -0.15) is 0 Å². The first-order valence-corrected chi connectivity index (χ1v) is 11.9. The second-order valence-electron chi connectivity index (χ2n) is 7.36. The number of aryl methyl sites for hydroxylation is 1. The number of halogens is 1. The summed E-state index contributed by atoms with van der Waals surface area (Å²) in [5.41, 5.74) is 1.67. The molecule has 170 valence electrons. The molecule has 0 unspecified atom stereocenters. The van der Waals surface area contributed by atoms with E-state index in [2.05, 4.69) is 5.32 Å². The SMILES string of the molecule is O=C(O)c1cccc(S(=O)(=O)c2ccc(CCCNC[C@@H](O)c3cccc(Cl)c3)cc2)c1.[H-].[Na+]. The summed E-state index contributed by atoms with van der Waals surface area (Å²) in [5.74, 6) is -1.17. The van der Waals surface area contributed by atoms with E-state index in [4.69, 9.17) is 16.7 Å². The fourth-order valence-corrected chi connectivity index (χ4v) is 4.76. The number of benzene rings is 3. The molecule has 0 heterocycles. The molecule has 0 fully saturated rings. The van der Waals surface area contributed by atoms with Crippen LogP contribution < -0.4 is 34.9 Å². The van der Waals surface area contributed by atoms with Crippen molar-refractivity contribution in [3.05, 3.63) is 94.5 Å². The molecule has 0 saturated heterocycles. The average Bonchev–Trinajstić information content (AvgIpc) is 2.79. The Balaban J connectivity index is 0.00000289. The quantitative estimate of drug-likeness (QED) is 0.288. The van der Waals surface area contributed by atoms with Gasteiger partial charge in [-0.3, -0.25) is 0 Å².